The molecule has 1 atom stereocenters. The lowest BCUT2D eigenvalue weighted by Crippen LogP contribution is -2.06. The van der Waals surface area contributed by atoms with Gasteiger partial charge in [0.25, 0.3) is 0 Å². The van der Waals surface area contributed by atoms with Crippen LogP contribution in [0.25, 0.3) is 0 Å². The van der Waals surface area contributed by atoms with Gasteiger partial charge in [-0.2, -0.15) is 0 Å². The Balaban J connectivity index is 3.69. The Labute approximate surface area is 83.9 Å². The minimum absolute atomic E-state index is 0.166. The first kappa shape index (κ1) is 13.1. The molecule has 0 heterocycles. The van der Waals surface area contributed by atoms with Gasteiger partial charge in [-0.3, -0.25) is 0 Å². The Morgan fingerprint density at radius 2 is 2.00 bits per heavy atom. The van der Waals surface area contributed by atoms with Gasteiger partial charge in [-0.25, -0.2) is 4.79 Å². The fourth-order valence-electron chi connectivity index (χ4n) is 1.09. The zero-order valence-corrected chi connectivity index (χ0v) is 8.44. The van der Waals surface area contributed by atoms with Crippen LogP contribution in [0.4, 0.5) is 0 Å². The van der Waals surface area contributed by atoms with Crippen LogP contribution >= 0.6 is 0 Å². The van der Waals surface area contributed by atoms with Gasteiger partial charge in [0.15, 0.2) is 0 Å². The van der Waals surface area contributed by atoms with E-state index in [1.54, 1.807) is 0 Å². The van der Waals surface area contributed by atoms with E-state index in [-0.39, 0.29) is 12.2 Å². The second-order valence-corrected chi connectivity index (χ2v) is 3.30. The van der Waals surface area contributed by atoms with E-state index in [9.17, 15) is 9.90 Å². The Morgan fingerprint density at radius 3 is 2.50 bits per heavy atom. The number of hydrogen-bond donors (Lipinski definition) is 3. The second-order valence-electron chi connectivity index (χ2n) is 3.30. The summed E-state index contributed by atoms with van der Waals surface area (Å²) in [6.45, 7) is 1.62. The van der Waals surface area contributed by atoms with Crippen molar-refractivity contribution in [3.8, 4) is 0 Å². The maximum atomic E-state index is 10.4. The standard InChI is InChI=1S/C10H18O4/c1-8(10(13)14)7-9(12)5-3-2-4-6-11/h7,9,11-12H,2-6H2,1H3,(H,13,14)/b8-7-. The van der Waals surface area contributed by atoms with Gasteiger partial charge in [0.2, 0.25) is 0 Å². The first-order valence-corrected chi connectivity index (χ1v) is 4.78. The summed E-state index contributed by atoms with van der Waals surface area (Å²) in [4.78, 5) is 10.4. The van der Waals surface area contributed by atoms with E-state index >= 15 is 0 Å². The third-order valence-corrected chi connectivity index (χ3v) is 1.94. The maximum Gasteiger partial charge on any atom is 0.331 e. The topological polar surface area (TPSA) is 77.8 Å². The summed E-state index contributed by atoms with van der Waals surface area (Å²) in [6.07, 6.45) is 3.59. The molecular formula is C10H18O4. The fourth-order valence-corrected chi connectivity index (χ4v) is 1.09. The van der Waals surface area contributed by atoms with Crippen molar-refractivity contribution >= 4 is 5.97 Å². The van der Waals surface area contributed by atoms with Crippen LogP contribution in [0.2, 0.25) is 0 Å². The van der Waals surface area contributed by atoms with Gasteiger partial charge in [0.1, 0.15) is 0 Å². The molecule has 0 aromatic carbocycles. The molecule has 14 heavy (non-hydrogen) atoms. The molecular weight excluding hydrogens is 184 g/mol. The predicted octanol–water partition coefficient (Wildman–Crippen LogP) is 0.931. The van der Waals surface area contributed by atoms with Crippen LogP contribution in [-0.4, -0.2) is 34.0 Å². The Bertz CT molecular complexity index is 198. The highest BCUT2D eigenvalue weighted by Crippen LogP contribution is 2.06. The van der Waals surface area contributed by atoms with Crippen LogP contribution in [0, 0.1) is 0 Å². The van der Waals surface area contributed by atoms with Crippen molar-refractivity contribution in [2.45, 2.75) is 38.7 Å². The predicted molar refractivity (Wildman–Crippen MR) is 53.0 cm³/mol. The molecule has 0 saturated carbocycles. The molecule has 0 fully saturated rings. The number of carboxylic acids is 1. The zero-order chi connectivity index (χ0) is 11.0. The monoisotopic (exact) mass is 202 g/mol. The molecule has 0 spiro atoms. The lowest BCUT2D eigenvalue weighted by Gasteiger charge is -2.05. The maximum absolute atomic E-state index is 10.4. The third-order valence-electron chi connectivity index (χ3n) is 1.94. The minimum atomic E-state index is -1.00. The van der Waals surface area contributed by atoms with Crippen molar-refractivity contribution in [1.82, 2.24) is 0 Å². The van der Waals surface area contributed by atoms with Gasteiger partial charge in [0.05, 0.1) is 6.10 Å². The highest BCUT2D eigenvalue weighted by atomic mass is 16.4. The SMILES string of the molecule is C/C(=C/C(O)CCCCCO)C(=O)O. The Morgan fingerprint density at radius 1 is 1.36 bits per heavy atom. The molecule has 0 saturated heterocycles. The van der Waals surface area contributed by atoms with E-state index in [1.165, 1.54) is 13.0 Å². The van der Waals surface area contributed by atoms with Crippen LogP contribution in [0.3, 0.4) is 0 Å². The van der Waals surface area contributed by atoms with Gasteiger partial charge in [-0.15, -0.1) is 0 Å². The summed E-state index contributed by atoms with van der Waals surface area (Å²) in [5.41, 5.74) is 0.166. The number of rotatable bonds is 7. The van der Waals surface area contributed by atoms with Crippen molar-refractivity contribution in [3.63, 3.8) is 0 Å². The average Bonchev–Trinajstić information content (AvgIpc) is 2.12. The van der Waals surface area contributed by atoms with Crippen LogP contribution in [-0.2, 0) is 4.79 Å². The molecule has 0 rings (SSSR count). The molecule has 4 nitrogen and oxygen atoms in total. The summed E-state index contributed by atoms with van der Waals surface area (Å²) in [7, 11) is 0. The van der Waals surface area contributed by atoms with Crippen molar-refractivity contribution in [2.75, 3.05) is 6.61 Å². The Kier molecular flexibility index (Phi) is 7.06. The van der Waals surface area contributed by atoms with Gasteiger partial charge in [0, 0.05) is 12.2 Å². The summed E-state index contributed by atoms with van der Waals surface area (Å²) in [6, 6.07) is 0. The minimum Gasteiger partial charge on any atom is -0.478 e. The van der Waals surface area contributed by atoms with E-state index in [4.69, 9.17) is 10.2 Å². The van der Waals surface area contributed by atoms with Crippen molar-refractivity contribution in [2.24, 2.45) is 0 Å². The molecule has 0 aromatic heterocycles. The number of hydrogen-bond acceptors (Lipinski definition) is 3. The van der Waals surface area contributed by atoms with Crippen molar-refractivity contribution < 1.29 is 20.1 Å². The highest BCUT2D eigenvalue weighted by Gasteiger charge is 2.04. The van der Waals surface area contributed by atoms with Gasteiger partial charge in [-0.1, -0.05) is 12.8 Å². The molecule has 0 aliphatic heterocycles. The third kappa shape index (κ3) is 6.62. The van der Waals surface area contributed by atoms with E-state index in [0.29, 0.717) is 6.42 Å². The summed E-state index contributed by atoms with van der Waals surface area (Å²) in [5, 5.41) is 26.4. The van der Waals surface area contributed by atoms with Gasteiger partial charge >= 0.3 is 5.97 Å². The highest BCUT2D eigenvalue weighted by molar-refractivity contribution is 5.85. The van der Waals surface area contributed by atoms with Crippen molar-refractivity contribution in [3.05, 3.63) is 11.6 Å². The van der Waals surface area contributed by atoms with Gasteiger partial charge < -0.3 is 15.3 Å². The first-order valence-electron chi connectivity index (χ1n) is 4.78. The first-order chi connectivity index (χ1) is 6.57. The molecule has 0 bridgehead atoms. The van der Waals surface area contributed by atoms with Crippen LogP contribution in [0.1, 0.15) is 32.6 Å². The molecule has 0 radical (unpaired) electrons. The summed E-state index contributed by atoms with van der Waals surface area (Å²) in [5.74, 6) is -1.00. The number of aliphatic carboxylic acids is 1. The number of carboxylic acid groups (broad SMARTS) is 1. The number of aliphatic hydroxyl groups excluding tert-OH is 2. The fraction of sp³-hybridized carbons (Fsp3) is 0.700. The van der Waals surface area contributed by atoms with Crippen LogP contribution < -0.4 is 0 Å². The largest absolute Gasteiger partial charge is 0.478 e. The van der Waals surface area contributed by atoms with Crippen LogP contribution in [0.15, 0.2) is 11.6 Å². The summed E-state index contributed by atoms with van der Waals surface area (Å²) >= 11 is 0. The molecule has 4 heteroatoms. The van der Waals surface area contributed by atoms with E-state index in [1.807, 2.05) is 0 Å². The number of unbranched alkanes of at least 4 members (excludes halogenated alkanes) is 2. The molecule has 82 valence electrons. The molecule has 3 N–H and O–H groups in total. The molecule has 1 unspecified atom stereocenters. The quantitative estimate of drug-likeness (QED) is 0.424. The van der Waals surface area contributed by atoms with Gasteiger partial charge in [-0.05, 0) is 25.8 Å². The zero-order valence-electron chi connectivity index (χ0n) is 8.44. The number of carbonyl (C=O) groups is 1. The normalized spacial score (nSPS) is 14.1. The van der Waals surface area contributed by atoms with E-state index in [0.717, 1.165) is 19.3 Å². The lowest BCUT2D eigenvalue weighted by atomic mass is 10.1. The summed E-state index contributed by atoms with van der Waals surface area (Å²) < 4.78 is 0. The molecule has 0 aliphatic carbocycles. The smallest absolute Gasteiger partial charge is 0.331 e. The van der Waals surface area contributed by atoms with E-state index < -0.39 is 12.1 Å². The number of aliphatic hydroxyl groups is 2. The lowest BCUT2D eigenvalue weighted by molar-refractivity contribution is -0.132. The molecule has 0 aliphatic rings. The van der Waals surface area contributed by atoms with Crippen LogP contribution in [0.5, 0.6) is 0 Å². The average molecular weight is 202 g/mol. The second kappa shape index (κ2) is 7.53. The molecule has 0 aromatic rings. The van der Waals surface area contributed by atoms with Crippen molar-refractivity contribution in [1.29, 1.82) is 0 Å². The van der Waals surface area contributed by atoms with E-state index in [2.05, 4.69) is 0 Å². The Hall–Kier alpha value is -0.870. The molecule has 0 amide bonds.